The smallest absolute Gasteiger partial charge is 0.243 e. The van der Waals surface area contributed by atoms with Crippen molar-refractivity contribution in [3.8, 4) is 0 Å². The van der Waals surface area contributed by atoms with Gasteiger partial charge in [-0.1, -0.05) is 36.4 Å². The Morgan fingerprint density at radius 1 is 1.04 bits per heavy atom. The van der Waals surface area contributed by atoms with E-state index < -0.39 is 10.0 Å². The van der Waals surface area contributed by atoms with Crippen LogP contribution in [0.15, 0.2) is 59.5 Å². The van der Waals surface area contributed by atoms with Crippen molar-refractivity contribution in [1.82, 2.24) is 4.31 Å². The molecule has 27 heavy (non-hydrogen) atoms. The highest BCUT2D eigenvalue weighted by Gasteiger charge is 2.38. The number of carbonyl (C=O) groups excluding carboxylic acids is 1. The van der Waals surface area contributed by atoms with Crippen LogP contribution in [0.1, 0.15) is 25.3 Å². The Balaban J connectivity index is 1.56. The first-order valence-corrected chi connectivity index (χ1v) is 10.9. The molecule has 0 saturated carbocycles. The molecule has 2 heterocycles. The molecule has 2 aliphatic rings. The van der Waals surface area contributed by atoms with Gasteiger partial charge in [-0.3, -0.25) is 4.79 Å². The van der Waals surface area contributed by atoms with Gasteiger partial charge < -0.3 is 4.90 Å². The highest BCUT2D eigenvalue weighted by molar-refractivity contribution is 7.89. The van der Waals surface area contributed by atoms with Crippen molar-refractivity contribution in [2.75, 3.05) is 18.0 Å². The van der Waals surface area contributed by atoms with E-state index in [2.05, 4.69) is 13.0 Å². The third kappa shape index (κ3) is 3.28. The first kappa shape index (κ1) is 18.2. The molecule has 4 rings (SSSR count). The van der Waals surface area contributed by atoms with Gasteiger partial charge in [0.1, 0.15) is 0 Å². The average Bonchev–Trinajstić information content (AvgIpc) is 3.04. The highest BCUT2D eigenvalue weighted by atomic mass is 32.2. The third-order valence-corrected chi connectivity index (χ3v) is 7.44. The molecule has 6 heteroatoms. The maximum Gasteiger partial charge on any atom is 0.243 e. The standard InChI is InChI=1S/C21H24N2O3S/c1-16-14-17-8-5-6-12-20(17)23(16)21(24)18-9-7-13-22(15-18)27(25,26)19-10-3-2-4-11-19/h2-6,8,10-12,16,18H,7,9,13-15H2,1H3/t16-,18+/m1/s1. The Hall–Kier alpha value is -2.18. The summed E-state index contributed by atoms with van der Waals surface area (Å²) in [7, 11) is -3.56. The number of sulfonamides is 1. The summed E-state index contributed by atoms with van der Waals surface area (Å²) in [6.07, 6.45) is 2.28. The van der Waals surface area contributed by atoms with Crippen LogP contribution >= 0.6 is 0 Å². The molecule has 0 radical (unpaired) electrons. The fourth-order valence-corrected chi connectivity index (χ4v) is 5.75. The second kappa shape index (κ2) is 7.09. The van der Waals surface area contributed by atoms with Gasteiger partial charge in [-0.15, -0.1) is 0 Å². The predicted molar refractivity (Wildman–Crippen MR) is 105 cm³/mol. The molecule has 0 spiro atoms. The molecule has 1 amide bonds. The zero-order chi connectivity index (χ0) is 19.0. The number of amides is 1. The average molecular weight is 385 g/mol. The van der Waals surface area contributed by atoms with E-state index in [1.807, 2.05) is 23.1 Å². The first-order valence-electron chi connectivity index (χ1n) is 9.44. The van der Waals surface area contributed by atoms with E-state index in [1.165, 1.54) is 9.87 Å². The van der Waals surface area contributed by atoms with Gasteiger partial charge in [-0.2, -0.15) is 4.31 Å². The molecular weight excluding hydrogens is 360 g/mol. The van der Waals surface area contributed by atoms with Gasteiger partial charge in [0.25, 0.3) is 0 Å². The second-order valence-corrected chi connectivity index (χ2v) is 9.34. The molecule has 142 valence electrons. The summed E-state index contributed by atoms with van der Waals surface area (Å²) in [5.74, 6) is -0.258. The van der Waals surface area contributed by atoms with Crippen LogP contribution in [-0.2, 0) is 21.2 Å². The lowest BCUT2D eigenvalue weighted by atomic mass is 9.97. The Morgan fingerprint density at radius 2 is 1.74 bits per heavy atom. The molecule has 2 atom stereocenters. The van der Waals surface area contributed by atoms with E-state index in [0.29, 0.717) is 13.0 Å². The summed E-state index contributed by atoms with van der Waals surface area (Å²) in [5.41, 5.74) is 2.15. The molecule has 2 aliphatic heterocycles. The minimum atomic E-state index is -3.56. The van der Waals surface area contributed by atoms with Crippen molar-refractivity contribution in [2.45, 2.75) is 37.1 Å². The monoisotopic (exact) mass is 384 g/mol. The van der Waals surface area contributed by atoms with Crippen molar-refractivity contribution in [3.05, 3.63) is 60.2 Å². The Labute approximate surface area is 160 Å². The lowest BCUT2D eigenvalue weighted by Crippen LogP contribution is -2.48. The van der Waals surface area contributed by atoms with E-state index in [9.17, 15) is 13.2 Å². The summed E-state index contributed by atoms with van der Waals surface area (Å²) in [6.45, 7) is 2.77. The zero-order valence-corrected chi connectivity index (χ0v) is 16.2. The summed E-state index contributed by atoms with van der Waals surface area (Å²) < 4.78 is 27.4. The van der Waals surface area contributed by atoms with E-state index in [0.717, 1.165) is 18.5 Å². The fourth-order valence-electron chi connectivity index (χ4n) is 4.20. The lowest BCUT2D eigenvalue weighted by molar-refractivity contribution is -0.123. The molecule has 1 saturated heterocycles. The zero-order valence-electron chi connectivity index (χ0n) is 15.4. The van der Waals surface area contributed by atoms with Crippen molar-refractivity contribution < 1.29 is 13.2 Å². The lowest BCUT2D eigenvalue weighted by Gasteiger charge is -2.34. The van der Waals surface area contributed by atoms with Crippen LogP contribution in [0, 0.1) is 5.92 Å². The number of benzene rings is 2. The number of carbonyl (C=O) groups is 1. The normalized spacial score (nSPS) is 23.2. The van der Waals surface area contributed by atoms with Crippen molar-refractivity contribution in [1.29, 1.82) is 0 Å². The SMILES string of the molecule is C[C@@H]1Cc2ccccc2N1C(=O)[C@H]1CCCN(S(=O)(=O)c2ccccc2)C1. The summed E-state index contributed by atoms with van der Waals surface area (Å²) in [5, 5.41) is 0. The van der Waals surface area contributed by atoms with Gasteiger partial charge in [-0.05, 0) is 49.9 Å². The maximum absolute atomic E-state index is 13.3. The number of rotatable bonds is 3. The Bertz CT molecular complexity index is 943. The molecule has 0 unspecified atom stereocenters. The predicted octanol–water partition coefficient (Wildman–Crippen LogP) is 3.07. The minimum Gasteiger partial charge on any atom is -0.309 e. The van der Waals surface area contributed by atoms with Crippen LogP contribution in [-0.4, -0.2) is 37.8 Å². The van der Waals surface area contributed by atoms with Crippen LogP contribution in [0.5, 0.6) is 0 Å². The maximum atomic E-state index is 13.3. The van der Waals surface area contributed by atoms with E-state index in [4.69, 9.17) is 0 Å². The van der Waals surface area contributed by atoms with Crippen LogP contribution in [0.4, 0.5) is 5.69 Å². The van der Waals surface area contributed by atoms with Crippen molar-refractivity contribution in [2.24, 2.45) is 5.92 Å². The van der Waals surface area contributed by atoms with Crippen LogP contribution in [0.2, 0.25) is 0 Å². The molecule has 5 nitrogen and oxygen atoms in total. The van der Waals surface area contributed by atoms with E-state index in [1.54, 1.807) is 30.3 Å². The van der Waals surface area contributed by atoms with Gasteiger partial charge in [0.2, 0.25) is 15.9 Å². The van der Waals surface area contributed by atoms with E-state index in [-0.39, 0.29) is 29.3 Å². The van der Waals surface area contributed by atoms with Gasteiger partial charge >= 0.3 is 0 Å². The number of hydrogen-bond donors (Lipinski definition) is 0. The number of nitrogens with zero attached hydrogens (tertiary/aromatic N) is 2. The largest absolute Gasteiger partial charge is 0.309 e. The highest BCUT2D eigenvalue weighted by Crippen LogP contribution is 2.35. The number of anilines is 1. The molecule has 2 aromatic carbocycles. The topological polar surface area (TPSA) is 57.7 Å². The van der Waals surface area contributed by atoms with Gasteiger partial charge in [0, 0.05) is 24.8 Å². The quantitative estimate of drug-likeness (QED) is 0.817. The molecule has 0 N–H and O–H groups in total. The summed E-state index contributed by atoms with van der Waals surface area (Å²) >= 11 is 0. The van der Waals surface area contributed by atoms with Gasteiger partial charge in [-0.25, -0.2) is 8.42 Å². The molecule has 2 aromatic rings. The van der Waals surface area contributed by atoms with Gasteiger partial charge in [0.15, 0.2) is 0 Å². The number of piperidine rings is 1. The summed E-state index contributed by atoms with van der Waals surface area (Å²) in [6, 6.07) is 16.6. The van der Waals surface area contributed by atoms with Crippen LogP contribution < -0.4 is 4.90 Å². The van der Waals surface area contributed by atoms with Crippen molar-refractivity contribution >= 4 is 21.6 Å². The van der Waals surface area contributed by atoms with Crippen LogP contribution in [0.3, 0.4) is 0 Å². The molecular formula is C21H24N2O3S. The fraction of sp³-hybridized carbons (Fsp3) is 0.381. The number of hydrogen-bond acceptors (Lipinski definition) is 3. The molecule has 0 aromatic heterocycles. The van der Waals surface area contributed by atoms with Crippen LogP contribution in [0.25, 0.3) is 0 Å². The van der Waals surface area contributed by atoms with Crippen molar-refractivity contribution in [3.63, 3.8) is 0 Å². The number of para-hydroxylation sites is 1. The summed E-state index contributed by atoms with van der Waals surface area (Å²) in [4.78, 5) is 15.5. The number of fused-ring (bicyclic) bond motifs is 1. The third-order valence-electron chi connectivity index (χ3n) is 5.56. The minimum absolute atomic E-state index is 0.0420. The molecule has 1 fully saturated rings. The first-order chi connectivity index (χ1) is 13.0. The molecule has 0 bridgehead atoms. The Kier molecular flexibility index (Phi) is 4.78. The molecule has 0 aliphatic carbocycles. The second-order valence-electron chi connectivity index (χ2n) is 7.41. The Morgan fingerprint density at radius 3 is 2.52 bits per heavy atom. The van der Waals surface area contributed by atoms with Gasteiger partial charge in [0.05, 0.1) is 10.8 Å². The van der Waals surface area contributed by atoms with E-state index >= 15 is 0 Å².